The molecule has 1 aromatic rings. The monoisotopic (exact) mass is 223 g/mol. The molecule has 0 saturated heterocycles. The minimum Gasteiger partial charge on any atom is -0.508 e. The fraction of sp³-hybridized carbons (Fsp3) is 0.538. The van der Waals surface area contributed by atoms with Gasteiger partial charge in [0.2, 0.25) is 0 Å². The fourth-order valence-corrected chi connectivity index (χ4v) is 1.65. The van der Waals surface area contributed by atoms with Gasteiger partial charge in [0, 0.05) is 23.9 Å². The number of rotatable bonds is 6. The molecule has 3 N–H and O–H groups in total. The summed E-state index contributed by atoms with van der Waals surface area (Å²) in [6.07, 6.45) is 2.31. The van der Waals surface area contributed by atoms with Crippen LogP contribution in [0, 0.1) is 5.92 Å². The molecule has 0 unspecified atom stereocenters. The molecule has 90 valence electrons. The lowest BCUT2D eigenvalue weighted by Crippen LogP contribution is -2.12. The first kappa shape index (κ1) is 12.8. The Hall–Kier alpha value is -1.22. The summed E-state index contributed by atoms with van der Waals surface area (Å²) in [5.41, 5.74) is 1.47. The van der Waals surface area contributed by atoms with E-state index in [1.165, 1.54) is 0 Å². The van der Waals surface area contributed by atoms with Gasteiger partial charge < -0.3 is 15.5 Å². The summed E-state index contributed by atoms with van der Waals surface area (Å²) in [6.45, 7) is 5.16. The van der Waals surface area contributed by atoms with Gasteiger partial charge >= 0.3 is 0 Å². The summed E-state index contributed by atoms with van der Waals surface area (Å²) < 4.78 is 0. The Labute approximate surface area is 97.1 Å². The molecule has 0 heterocycles. The van der Waals surface area contributed by atoms with Gasteiger partial charge in [0.05, 0.1) is 6.61 Å². The number of aromatic hydroxyl groups is 1. The van der Waals surface area contributed by atoms with Crippen LogP contribution in [0.15, 0.2) is 18.2 Å². The lowest BCUT2D eigenvalue weighted by atomic mass is 10.0. The molecule has 0 aromatic heterocycles. The van der Waals surface area contributed by atoms with Gasteiger partial charge in [-0.25, -0.2) is 0 Å². The molecule has 0 aliphatic heterocycles. The molecule has 0 fully saturated rings. The van der Waals surface area contributed by atoms with Gasteiger partial charge in [-0.1, -0.05) is 32.8 Å². The molecule has 0 saturated carbocycles. The number of aliphatic hydroxyl groups is 1. The number of anilines is 1. The Morgan fingerprint density at radius 1 is 1.25 bits per heavy atom. The predicted molar refractivity (Wildman–Crippen MR) is 66.6 cm³/mol. The van der Waals surface area contributed by atoms with Crippen LogP contribution in [0.1, 0.15) is 32.3 Å². The van der Waals surface area contributed by atoms with Crippen molar-refractivity contribution in [1.29, 1.82) is 0 Å². The molecule has 0 radical (unpaired) electrons. The highest BCUT2D eigenvalue weighted by atomic mass is 16.3. The van der Waals surface area contributed by atoms with Gasteiger partial charge in [0.15, 0.2) is 0 Å². The van der Waals surface area contributed by atoms with Crippen molar-refractivity contribution in [2.45, 2.75) is 33.3 Å². The standard InChI is InChI=1S/C13H21NO2/c1-3-10(4-2)8-14-12-6-5-11(9-15)13(16)7-12/h5-7,10,14-16H,3-4,8-9H2,1-2H3. The van der Waals surface area contributed by atoms with Gasteiger partial charge in [0.25, 0.3) is 0 Å². The van der Waals surface area contributed by atoms with Crippen molar-refractivity contribution >= 4 is 5.69 Å². The largest absolute Gasteiger partial charge is 0.508 e. The van der Waals surface area contributed by atoms with E-state index in [0.717, 1.165) is 25.1 Å². The maximum Gasteiger partial charge on any atom is 0.123 e. The number of benzene rings is 1. The second-order valence-electron chi connectivity index (χ2n) is 4.07. The summed E-state index contributed by atoms with van der Waals surface area (Å²) in [7, 11) is 0. The van der Waals surface area contributed by atoms with Crippen LogP contribution in [-0.4, -0.2) is 16.8 Å². The van der Waals surface area contributed by atoms with E-state index in [-0.39, 0.29) is 12.4 Å². The van der Waals surface area contributed by atoms with E-state index >= 15 is 0 Å². The van der Waals surface area contributed by atoms with E-state index in [4.69, 9.17) is 5.11 Å². The van der Waals surface area contributed by atoms with Crippen LogP contribution in [0.25, 0.3) is 0 Å². The molecule has 0 spiro atoms. The topological polar surface area (TPSA) is 52.5 Å². The lowest BCUT2D eigenvalue weighted by molar-refractivity contribution is 0.275. The third-order valence-electron chi connectivity index (χ3n) is 3.01. The highest BCUT2D eigenvalue weighted by molar-refractivity contribution is 5.51. The van der Waals surface area contributed by atoms with Crippen molar-refractivity contribution in [3.63, 3.8) is 0 Å². The fourth-order valence-electron chi connectivity index (χ4n) is 1.65. The average Bonchev–Trinajstić information content (AvgIpc) is 2.30. The van der Waals surface area contributed by atoms with E-state index < -0.39 is 0 Å². The van der Waals surface area contributed by atoms with Crippen LogP contribution in [0.4, 0.5) is 5.69 Å². The van der Waals surface area contributed by atoms with Gasteiger partial charge in [-0.15, -0.1) is 0 Å². The number of phenols is 1. The number of hydrogen-bond acceptors (Lipinski definition) is 3. The van der Waals surface area contributed by atoms with Gasteiger partial charge in [0.1, 0.15) is 5.75 Å². The van der Waals surface area contributed by atoms with Crippen molar-refractivity contribution in [2.75, 3.05) is 11.9 Å². The SMILES string of the molecule is CCC(CC)CNc1ccc(CO)c(O)c1. The molecule has 3 heteroatoms. The summed E-state index contributed by atoms with van der Waals surface area (Å²) in [6, 6.07) is 5.28. The Bertz CT molecular complexity index is 322. The van der Waals surface area contributed by atoms with Gasteiger partial charge in [-0.2, -0.15) is 0 Å². The molecular weight excluding hydrogens is 202 g/mol. The third-order valence-corrected chi connectivity index (χ3v) is 3.01. The molecular formula is C13H21NO2. The first-order valence-electron chi connectivity index (χ1n) is 5.87. The predicted octanol–water partition coefficient (Wildman–Crippen LogP) is 2.73. The van der Waals surface area contributed by atoms with E-state index in [0.29, 0.717) is 11.5 Å². The highest BCUT2D eigenvalue weighted by Crippen LogP contribution is 2.22. The molecule has 1 rings (SSSR count). The van der Waals surface area contributed by atoms with Crippen molar-refractivity contribution in [3.8, 4) is 5.75 Å². The van der Waals surface area contributed by atoms with E-state index in [1.54, 1.807) is 12.1 Å². The average molecular weight is 223 g/mol. The summed E-state index contributed by atoms with van der Waals surface area (Å²) in [4.78, 5) is 0. The maximum atomic E-state index is 9.57. The van der Waals surface area contributed by atoms with E-state index in [1.807, 2.05) is 6.07 Å². The zero-order valence-corrected chi connectivity index (χ0v) is 10.0. The Kier molecular flexibility index (Phi) is 5.12. The van der Waals surface area contributed by atoms with E-state index in [2.05, 4.69) is 19.2 Å². The van der Waals surface area contributed by atoms with Crippen molar-refractivity contribution in [1.82, 2.24) is 0 Å². The Balaban J connectivity index is 2.58. The zero-order valence-electron chi connectivity index (χ0n) is 10.0. The minimum absolute atomic E-state index is 0.126. The lowest BCUT2D eigenvalue weighted by Gasteiger charge is -2.14. The molecule has 1 aromatic carbocycles. The van der Waals surface area contributed by atoms with Crippen molar-refractivity contribution in [2.24, 2.45) is 5.92 Å². The van der Waals surface area contributed by atoms with Crippen molar-refractivity contribution in [3.05, 3.63) is 23.8 Å². The molecule has 3 nitrogen and oxygen atoms in total. The van der Waals surface area contributed by atoms with Crippen molar-refractivity contribution < 1.29 is 10.2 Å². The molecule has 0 aliphatic carbocycles. The Morgan fingerprint density at radius 2 is 1.94 bits per heavy atom. The summed E-state index contributed by atoms with van der Waals surface area (Å²) in [5.74, 6) is 0.816. The van der Waals surface area contributed by atoms with E-state index in [9.17, 15) is 5.11 Å². The normalized spacial score (nSPS) is 10.8. The molecule has 0 amide bonds. The number of hydrogen-bond donors (Lipinski definition) is 3. The molecule has 0 bridgehead atoms. The van der Waals surface area contributed by atoms with Crippen LogP contribution in [0.3, 0.4) is 0 Å². The minimum atomic E-state index is -0.126. The van der Waals surface area contributed by atoms with Gasteiger partial charge in [-0.3, -0.25) is 0 Å². The van der Waals surface area contributed by atoms with Crippen LogP contribution in [0.2, 0.25) is 0 Å². The second-order valence-corrected chi connectivity index (χ2v) is 4.07. The molecule has 0 atom stereocenters. The summed E-state index contributed by atoms with van der Waals surface area (Å²) >= 11 is 0. The highest BCUT2D eigenvalue weighted by Gasteiger charge is 2.04. The third kappa shape index (κ3) is 3.42. The number of aliphatic hydroxyl groups excluding tert-OH is 1. The molecule has 0 aliphatic rings. The zero-order chi connectivity index (χ0) is 12.0. The van der Waals surface area contributed by atoms with Gasteiger partial charge in [-0.05, 0) is 12.0 Å². The number of nitrogens with one attached hydrogen (secondary N) is 1. The second kappa shape index (κ2) is 6.38. The van der Waals surface area contributed by atoms with Crippen LogP contribution in [-0.2, 0) is 6.61 Å². The van der Waals surface area contributed by atoms with Crippen LogP contribution < -0.4 is 5.32 Å². The summed E-state index contributed by atoms with van der Waals surface area (Å²) in [5, 5.41) is 21.8. The maximum absolute atomic E-state index is 9.57. The first-order chi connectivity index (χ1) is 7.71. The quantitative estimate of drug-likeness (QED) is 0.695. The molecule has 16 heavy (non-hydrogen) atoms. The first-order valence-corrected chi connectivity index (χ1v) is 5.87. The Morgan fingerprint density at radius 3 is 2.44 bits per heavy atom. The van der Waals surface area contributed by atoms with Crippen LogP contribution in [0.5, 0.6) is 5.75 Å². The smallest absolute Gasteiger partial charge is 0.123 e. The van der Waals surface area contributed by atoms with Crippen LogP contribution >= 0.6 is 0 Å².